The molecule has 0 aromatic heterocycles. The molecule has 0 radical (unpaired) electrons. The van der Waals surface area contributed by atoms with Gasteiger partial charge in [0.2, 0.25) is 11.8 Å². The maximum Gasteiger partial charge on any atom is 0.222 e. The molecule has 0 aliphatic carbocycles. The van der Waals surface area contributed by atoms with Gasteiger partial charge in [0.25, 0.3) is 0 Å². The van der Waals surface area contributed by atoms with Crippen LogP contribution in [0.5, 0.6) is 0 Å². The number of primary amides is 1. The second-order valence-corrected chi connectivity index (χ2v) is 3.93. The molecule has 0 spiro atoms. The smallest absolute Gasteiger partial charge is 0.222 e. The van der Waals surface area contributed by atoms with Crippen molar-refractivity contribution in [3.63, 3.8) is 0 Å². The Morgan fingerprint density at radius 3 is 2.43 bits per heavy atom. The van der Waals surface area contributed by atoms with Gasteiger partial charge >= 0.3 is 0 Å². The Hall–Kier alpha value is -1.06. The van der Waals surface area contributed by atoms with E-state index in [2.05, 4.69) is 0 Å². The number of rotatable bonds is 4. The van der Waals surface area contributed by atoms with Gasteiger partial charge in [-0.1, -0.05) is 6.92 Å². The maximum atomic E-state index is 11.5. The quantitative estimate of drug-likeness (QED) is 0.715. The number of nitrogens with two attached hydrogens (primary N) is 1. The zero-order valence-corrected chi connectivity index (χ0v) is 8.66. The maximum absolute atomic E-state index is 11.5. The minimum atomic E-state index is -0.320. The Morgan fingerprint density at radius 2 is 1.93 bits per heavy atom. The van der Waals surface area contributed by atoms with Crippen LogP contribution in [0.2, 0.25) is 0 Å². The van der Waals surface area contributed by atoms with Crippen LogP contribution in [-0.4, -0.2) is 29.8 Å². The van der Waals surface area contributed by atoms with E-state index in [4.69, 9.17) is 5.73 Å². The molecule has 80 valence electrons. The van der Waals surface area contributed by atoms with Gasteiger partial charge in [-0.25, -0.2) is 0 Å². The molecule has 0 aromatic rings. The van der Waals surface area contributed by atoms with Crippen LogP contribution >= 0.6 is 0 Å². The van der Waals surface area contributed by atoms with Crippen molar-refractivity contribution in [3.05, 3.63) is 0 Å². The van der Waals surface area contributed by atoms with Crippen molar-refractivity contribution in [1.82, 2.24) is 4.90 Å². The summed E-state index contributed by atoms with van der Waals surface area (Å²) in [5, 5.41) is 0. The average molecular weight is 198 g/mol. The van der Waals surface area contributed by atoms with Crippen LogP contribution in [0.3, 0.4) is 0 Å². The van der Waals surface area contributed by atoms with E-state index >= 15 is 0 Å². The third kappa shape index (κ3) is 3.01. The van der Waals surface area contributed by atoms with E-state index in [0.717, 1.165) is 25.9 Å². The third-order valence-electron chi connectivity index (χ3n) is 2.74. The Kier molecular flexibility index (Phi) is 3.92. The van der Waals surface area contributed by atoms with Gasteiger partial charge in [0.05, 0.1) is 0 Å². The predicted octanol–water partition coefficient (Wildman–Crippen LogP) is 0.510. The fourth-order valence-electron chi connectivity index (χ4n) is 1.61. The van der Waals surface area contributed by atoms with E-state index in [1.165, 1.54) is 0 Å². The lowest BCUT2D eigenvalue weighted by molar-refractivity contribution is -0.130. The first-order valence-electron chi connectivity index (χ1n) is 5.18. The van der Waals surface area contributed by atoms with Gasteiger partial charge in [0.1, 0.15) is 0 Å². The van der Waals surface area contributed by atoms with E-state index < -0.39 is 0 Å². The van der Waals surface area contributed by atoms with Gasteiger partial charge in [-0.2, -0.15) is 0 Å². The fourth-order valence-corrected chi connectivity index (χ4v) is 1.61. The number of likely N-dealkylation sites (tertiary alicyclic amines) is 1. The van der Waals surface area contributed by atoms with Gasteiger partial charge < -0.3 is 10.6 Å². The van der Waals surface area contributed by atoms with E-state index in [-0.39, 0.29) is 17.7 Å². The summed E-state index contributed by atoms with van der Waals surface area (Å²) in [5.74, 6) is -0.351. The van der Waals surface area contributed by atoms with E-state index in [1.807, 2.05) is 4.90 Å². The molecule has 1 fully saturated rings. The SMILES string of the molecule is C[C@@H](CCC(=O)N1CCCC1)C(N)=O. The number of hydrogen-bond acceptors (Lipinski definition) is 2. The van der Waals surface area contributed by atoms with E-state index in [0.29, 0.717) is 12.8 Å². The summed E-state index contributed by atoms with van der Waals surface area (Å²) in [7, 11) is 0. The molecule has 1 atom stereocenters. The number of amides is 2. The number of carbonyl (C=O) groups is 2. The van der Waals surface area contributed by atoms with E-state index in [9.17, 15) is 9.59 Å². The molecule has 1 aliphatic heterocycles. The monoisotopic (exact) mass is 198 g/mol. The molecule has 0 saturated carbocycles. The molecule has 2 amide bonds. The van der Waals surface area contributed by atoms with Gasteiger partial charge in [-0.3, -0.25) is 9.59 Å². The Bertz CT molecular complexity index is 222. The summed E-state index contributed by atoms with van der Waals surface area (Å²) >= 11 is 0. The number of carbonyl (C=O) groups excluding carboxylic acids is 2. The molecule has 0 bridgehead atoms. The highest BCUT2D eigenvalue weighted by Crippen LogP contribution is 2.12. The first-order valence-corrected chi connectivity index (χ1v) is 5.18. The molecule has 4 nitrogen and oxygen atoms in total. The normalized spacial score (nSPS) is 18.2. The summed E-state index contributed by atoms with van der Waals surface area (Å²) in [4.78, 5) is 24.1. The van der Waals surface area contributed by atoms with Crippen LogP contribution in [-0.2, 0) is 9.59 Å². The van der Waals surface area contributed by atoms with Crippen molar-refractivity contribution in [2.45, 2.75) is 32.6 Å². The fraction of sp³-hybridized carbons (Fsp3) is 0.800. The number of nitrogens with zero attached hydrogens (tertiary/aromatic N) is 1. The highest BCUT2D eigenvalue weighted by atomic mass is 16.2. The topological polar surface area (TPSA) is 63.4 Å². The third-order valence-corrected chi connectivity index (χ3v) is 2.74. The molecule has 0 unspecified atom stereocenters. The van der Waals surface area contributed by atoms with Crippen molar-refractivity contribution in [2.75, 3.05) is 13.1 Å². The summed E-state index contributed by atoms with van der Waals surface area (Å²) in [5.41, 5.74) is 5.11. The van der Waals surface area contributed by atoms with Crippen LogP contribution < -0.4 is 5.73 Å². The Balaban J connectivity index is 2.23. The summed E-state index contributed by atoms with van der Waals surface area (Å²) < 4.78 is 0. The van der Waals surface area contributed by atoms with Gasteiger partial charge in [-0.15, -0.1) is 0 Å². The lowest BCUT2D eigenvalue weighted by Crippen LogP contribution is -2.29. The molecule has 1 aliphatic rings. The zero-order chi connectivity index (χ0) is 10.6. The molecular weight excluding hydrogens is 180 g/mol. The summed E-state index contributed by atoms with van der Waals surface area (Å²) in [6.07, 6.45) is 3.24. The molecular formula is C10H18N2O2. The lowest BCUT2D eigenvalue weighted by atomic mass is 10.0. The number of hydrogen-bond donors (Lipinski definition) is 1. The Morgan fingerprint density at radius 1 is 1.36 bits per heavy atom. The van der Waals surface area contributed by atoms with Gasteiger partial charge in [-0.05, 0) is 19.3 Å². The van der Waals surface area contributed by atoms with Crippen LogP contribution in [0.15, 0.2) is 0 Å². The van der Waals surface area contributed by atoms with Crippen LogP contribution in [0, 0.1) is 5.92 Å². The molecule has 1 saturated heterocycles. The molecule has 14 heavy (non-hydrogen) atoms. The molecule has 2 N–H and O–H groups in total. The van der Waals surface area contributed by atoms with Crippen LogP contribution in [0.4, 0.5) is 0 Å². The van der Waals surface area contributed by atoms with Crippen molar-refractivity contribution >= 4 is 11.8 Å². The zero-order valence-electron chi connectivity index (χ0n) is 8.66. The van der Waals surface area contributed by atoms with Crippen molar-refractivity contribution in [3.8, 4) is 0 Å². The second-order valence-electron chi connectivity index (χ2n) is 3.93. The summed E-state index contributed by atoms with van der Waals surface area (Å²) in [6.45, 7) is 3.52. The minimum Gasteiger partial charge on any atom is -0.369 e. The van der Waals surface area contributed by atoms with Crippen molar-refractivity contribution in [1.29, 1.82) is 0 Å². The van der Waals surface area contributed by atoms with Gasteiger partial charge in [0.15, 0.2) is 0 Å². The standard InChI is InChI=1S/C10H18N2O2/c1-8(10(11)14)4-5-9(13)12-6-2-3-7-12/h8H,2-7H2,1H3,(H2,11,14)/t8-/m0/s1. The van der Waals surface area contributed by atoms with E-state index in [1.54, 1.807) is 6.92 Å². The molecule has 1 rings (SSSR count). The lowest BCUT2D eigenvalue weighted by Gasteiger charge is -2.15. The average Bonchev–Trinajstić information content (AvgIpc) is 2.66. The molecule has 1 heterocycles. The first kappa shape index (κ1) is 11.0. The molecule has 0 aromatic carbocycles. The summed E-state index contributed by atoms with van der Waals surface area (Å²) in [6, 6.07) is 0. The highest BCUT2D eigenvalue weighted by Gasteiger charge is 2.19. The van der Waals surface area contributed by atoms with Gasteiger partial charge in [0, 0.05) is 25.4 Å². The minimum absolute atomic E-state index is 0.163. The Labute approximate surface area is 84.4 Å². The van der Waals surface area contributed by atoms with Crippen molar-refractivity contribution < 1.29 is 9.59 Å². The largest absolute Gasteiger partial charge is 0.369 e. The first-order chi connectivity index (χ1) is 6.61. The van der Waals surface area contributed by atoms with Crippen LogP contribution in [0.25, 0.3) is 0 Å². The van der Waals surface area contributed by atoms with Crippen LogP contribution in [0.1, 0.15) is 32.6 Å². The van der Waals surface area contributed by atoms with Crippen molar-refractivity contribution in [2.24, 2.45) is 11.7 Å². The molecule has 4 heteroatoms. The highest BCUT2D eigenvalue weighted by molar-refractivity contribution is 5.79. The second kappa shape index (κ2) is 4.98. The predicted molar refractivity (Wildman–Crippen MR) is 53.4 cm³/mol.